The van der Waals surface area contributed by atoms with E-state index in [4.69, 9.17) is 0 Å². The van der Waals surface area contributed by atoms with Crippen molar-refractivity contribution in [1.82, 2.24) is 9.62 Å². The highest BCUT2D eigenvalue weighted by molar-refractivity contribution is 7.90. The third-order valence-electron chi connectivity index (χ3n) is 3.73. The Kier molecular flexibility index (Phi) is 6.91. The zero-order chi connectivity index (χ0) is 15.2. The van der Waals surface area contributed by atoms with E-state index in [-0.39, 0.29) is 0 Å². The van der Waals surface area contributed by atoms with Gasteiger partial charge in [0.25, 0.3) is 0 Å². The summed E-state index contributed by atoms with van der Waals surface area (Å²) < 4.78 is 31.0. The number of nitrogens with zero attached hydrogens (tertiary/aromatic N) is 1. The van der Waals surface area contributed by atoms with Crippen molar-refractivity contribution >= 4 is 16.0 Å². The highest BCUT2D eigenvalue weighted by Crippen LogP contribution is 2.18. The van der Waals surface area contributed by atoms with Crippen LogP contribution in [0, 0.1) is 5.92 Å². The monoisotopic (exact) mass is 306 g/mol. The van der Waals surface area contributed by atoms with Gasteiger partial charge in [0.05, 0.1) is 7.11 Å². The number of hydrogen-bond acceptors (Lipinski definition) is 5. The third-order valence-corrected chi connectivity index (χ3v) is 5.87. The number of ether oxygens (including phenoxy) is 1. The molecule has 0 aromatic rings. The van der Waals surface area contributed by atoms with Crippen LogP contribution < -0.4 is 5.32 Å². The van der Waals surface area contributed by atoms with E-state index in [1.54, 1.807) is 0 Å². The van der Waals surface area contributed by atoms with Crippen molar-refractivity contribution in [1.29, 1.82) is 0 Å². The van der Waals surface area contributed by atoms with Crippen molar-refractivity contribution in [2.75, 3.05) is 33.3 Å². The first-order chi connectivity index (χ1) is 9.43. The molecule has 1 aliphatic rings. The third kappa shape index (κ3) is 4.43. The second-order valence-corrected chi connectivity index (χ2v) is 7.52. The lowest BCUT2D eigenvalue weighted by Crippen LogP contribution is -2.45. The summed E-state index contributed by atoms with van der Waals surface area (Å²) in [5.41, 5.74) is 0. The van der Waals surface area contributed by atoms with E-state index in [1.807, 2.05) is 6.92 Å². The minimum Gasteiger partial charge on any atom is -0.468 e. The van der Waals surface area contributed by atoms with Gasteiger partial charge in [-0.05, 0) is 45.2 Å². The van der Waals surface area contributed by atoms with Crippen LogP contribution >= 0.6 is 0 Å². The highest BCUT2D eigenvalue weighted by Gasteiger charge is 2.35. The first-order valence-corrected chi connectivity index (χ1v) is 8.71. The average Bonchev–Trinajstić information content (AvgIpc) is 2.46. The summed E-state index contributed by atoms with van der Waals surface area (Å²) in [6.45, 7) is 6.14. The maximum atomic E-state index is 12.5. The van der Waals surface area contributed by atoms with E-state index in [2.05, 4.69) is 10.1 Å². The Morgan fingerprint density at radius 3 is 2.50 bits per heavy atom. The fourth-order valence-electron chi connectivity index (χ4n) is 2.44. The molecular weight excluding hydrogens is 280 g/mol. The maximum Gasteiger partial charge on any atom is 0.325 e. The van der Waals surface area contributed by atoms with Crippen molar-refractivity contribution in [2.24, 2.45) is 5.92 Å². The minimum absolute atomic E-state index is 0.363. The van der Waals surface area contributed by atoms with Gasteiger partial charge in [0.2, 0.25) is 10.0 Å². The van der Waals surface area contributed by atoms with Gasteiger partial charge in [0.1, 0.15) is 0 Å². The van der Waals surface area contributed by atoms with E-state index >= 15 is 0 Å². The van der Waals surface area contributed by atoms with Gasteiger partial charge in [0.15, 0.2) is 5.25 Å². The average molecular weight is 306 g/mol. The van der Waals surface area contributed by atoms with Crippen LogP contribution in [0.15, 0.2) is 0 Å². The normalized spacial score (nSPS) is 19.0. The Hall–Kier alpha value is -0.660. The predicted molar refractivity (Wildman–Crippen MR) is 77.9 cm³/mol. The number of esters is 1. The number of sulfonamides is 1. The molecule has 1 aliphatic heterocycles. The lowest BCUT2D eigenvalue weighted by molar-refractivity contribution is -0.139. The lowest BCUT2D eigenvalue weighted by Gasteiger charge is -2.30. The first kappa shape index (κ1) is 17.4. The van der Waals surface area contributed by atoms with E-state index in [9.17, 15) is 13.2 Å². The molecule has 0 aromatic heterocycles. The summed E-state index contributed by atoms with van der Waals surface area (Å²) in [6, 6.07) is 0. The highest BCUT2D eigenvalue weighted by atomic mass is 32.2. The Labute approximate surface area is 121 Å². The van der Waals surface area contributed by atoms with Crippen LogP contribution in [0.1, 0.15) is 33.1 Å². The molecule has 0 aromatic carbocycles. The molecule has 1 saturated heterocycles. The quantitative estimate of drug-likeness (QED) is 0.697. The number of carbonyl (C=O) groups is 1. The molecule has 1 N–H and O–H groups in total. The second-order valence-electron chi connectivity index (χ2n) is 5.26. The fourth-order valence-corrected chi connectivity index (χ4v) is 4.08. The smallest absolute Gasteiger partial charge is 0.325 e. The van der Waals surface area contributed by atoms with Crippen LogP contribution in [0.4, 0.5) is 0 Å². The molecule has 1 heterocycles. The van der Waals surface area contributed by atoms with E-state index < -0.39 is 21.2 Å². The fraction of sp³-hybridized carbons (Fsp3) is 0.923. The Morgan fingerprint density at radius 1 is 1.40 bits per heavy atom. The first-order valence-electron chi connectivity index (χ1n) is 7.21. The van der Waals surface area contributed by atoms with Gasteiger partial charge in [-0.25, -0.2) is 12.7 Å². The molecule has 1 rings (SSSR count). The Bertz CT molecular complexity index is 405. The van der Waals surface area contributed by atoms with E-state index in [1.165, 1.54) is 18.3 Å². The van der Waals surface area contributed by atoms with Crippen LogP contribution in [0.2, 0.25) is 0 Å². The molecule has 1 fully saturated rings. The molecule has 0 spiro atoms. The second kappa shape index (κ2) is 7.95. The molecule has 0 radical (unpaired) electrons. The van der Waals surface area contributed by atoms with Gasteiger partial charge in [-0.3, -0.25) is 4.79 Å². The van der Waals surface area contributed by atoms with Crippen LogP contribution in [0.25, 0.3) is 0 Å². The van der Waals surface area contributed by atoms with Crippen molar-refractivity contribution in [3.8, 4) is 0 Å². The summed E-state index contributed by atoms with van der Waals surface area (Å²) in [4.78, 5) is 11.5. The zero-order valence-electron chi connectivity index (χ0n) is 12.6. The van der Waals surface area contributed by atoms with Crippen molar-refractivity contribution in [3.05, 3.63) is 0 Å². The maximum absolute atomic E-state index is 12.5. The van der Waals surface area contributed by atoms with E-state index in [0.717, 1.165) is 32.4 Å². The SMILES string of the molecule is CCCN(CC1CCNCC1)S(=O)(=O)C(C)C(=O)OC. The number of rotatable bonds is 7. The topological polar surface area (TPSA) is 75.7 Å². The number of piperidine rings is 1. The predicted octanol–water partition coefficient (Wildman–Crippen LogP) is 0.589. The lowest BCUT2D eigenvalue weighted by atomic mass is 9.98. The summed E-state index contributed by atoms with van der Waals surface area (Å²) in [6.07, 6.45) is 2.68. The minimum atomic E-state index is -3.64. The van der Waals surface area contributed by atoms with E-state index in [0.29, 0.717) is 19.0 Å². The molecule has 0 bridgehead atoms. The molecule has 0 amide bonds. The van der Waals surface area contributed by atoms with Crippen molar-refractivity contribution in [3.63, 3.8) is 0 Å². The number of carbonyl (C=O) groups excluding carboxylic acids is 1. The van der Waals surface area contributed by atoms with Gasteiger partial charge in [-0.2, -0.15) is 0 Å². The summed E-state index contributed by atoms with van der Waals surface area (Å²) in [7, 11) is -2.42. The van der Waals surface area contributed by atoms with Crippen LogP contribution in [0.3, 0.4) is 0 Å². The summed E-state index contributed by atoms with van der Waals surface area (Å²) >= 11 is 0. The molecule has 1 atom stereocenters. The number of nitrogens with one attached hydrogen (secondary N) is 1. The van der Waals surface area contributed by atoms with Gasteiger partial charge < -0.3 is 10.1 Å². The Balaban J connectivity index is 2.79. The van der Waals surface area contributed by atoms with Gasteiger partial charge in [-0.1, -0.05) is 6.92 Å². The molecular formula is C13H26N2O4S. The molecule has 7 heteroatoms. The van der Waals surface area contributed by atoms with Crippen LogP contribution in [-0.4, -0.2) is 57.2 Å². The molecule has 6 nitrogen and oxygen atoms in total. The molecule has 0 saturated carbocycles. The summed E-state index contributed by atoms with van der Waals surface area (Å²) in [5, 5.41) is 2.13. The largest absolute Gasteiger partial charge is 0.468 e. The Morgan fingerprint density at radius 2 is 2.00 bits per heavy atom. The van der Waals surface area contributed by atoms with Gasteiger partial charge >= 0.3 is 5.97 Å². The molecule has 118 valence electrons. The van der Waals surface area contributed by atoms with Crippen molar-refractivity contribution < 1.29 is 17.9 Å². The zero-order valence-corrected chi connectivity index (χ0v) is 13.4. The molecule has 0 aliphatic carbocycles. The molecule has 1 unspecified atom stereocenters. The number of methoxy groups -OCH3 is 1. The molecule has 20 heavy (non-hydrogen) atoms. The van der Waals surface area contributed by atoms with Crippen molar-refractivity contribution in [2.45, 2.75) is 38.4 Å². The van der Waals surface area contributed by atoms with Gasteiger partial charge in [0, 0.05) is 13.1 Å². The summed E-state index contributed by atoms with van der Waals surface area (Å²) in [5.74, 6) is -0.334. The van der Waals surface area contributed by atoms with Crippen LogP contribution in [0.5, 0.6) is 0 Å². The number of hydrogen-bond donors (Lipinski definition) is 1. The standard InChI is InChI=1S/C13H26N2O4S/c1-4-9-15(10-12-5-7-14-8-6-12)20(17,18)11(2)13(16)19-3/h11-12,14H,4-10H2,1-3H3. The van der Waals surface area contributed by atoms with Gasteiger partial charge in [-0.15, -0.1) is 0 Å². The van der Waals surface area contributed by atoms with Crippen LogP contribution in [-0.2, 0) is 19.6 Å².